The summed E-state index contributed by atoms with van der Waals surface area (Å²) < 4.78 is 1.78. The van der Waals surface area contributed by atoms with Crippen molar-refractivity contribution >= 4 is 28.6 Å². The Morgan fingerprint density at radius 3 is 2.89 bits per heavy atom. The van der Waals surface area contributed by atoms with Gasteiger partial charge in [0.05, 0.1) is 18.1 Å². The molecule has 0 spiro atoms. The topological polar surface area (TPSA) is 58.9 Å². The van der Waals surface area contributed by atoms with Crippen LogP contribution in [0.3, 0.4) is 0 Å². The molecule has 19 heavy (non-hydrogen) atoms. The molecular weight excluding hydrogens is 260 g/mol. The van der Waals surface area contributed by atoms with Crippen molar-refractivity contribution in [2.45, 2.75) is 6.54 Å². The molecule has 7 heteroatoms. The molecule has 0 fully saturated rings. The lowest BCUT2D eigenvalue weighted by molar-refractivity contribution is 0.339. The standard InChI is InChI=1S/C12H20N6S/c1-13-11-9-7-14-18(3)12(9)16-10(15-11)8-17(2)5-6-19-4/h7H,5-6,8H2,1-4H3,(H,13,15,16). The fourth-order valence-corrected chi connectivity index (χ4v) is 2.39. The van der Waals surface area contributed by atoms with E-state index in [1.54, 1.807) is 10.9 Å². The minimum atomic E-state index is 0.746. The van der Waals surface area contributed by atoms with Gasteiger partial charge in [0.1, 0.15) is 11.6 Å². The predicted molar refractivity (Wildman–Crippen MR) is 80.6 cm³/mol. The first-order valence-corrected chi connectivity index (χ1v) is 7.59. The van der Waals surface area contributed by atoms with Gasteiger partial charge in [0.15, 0.2) is 5.65 Å². The summed E-state index contributed by atoms with van der Waals surface area (Å²) in [6.07, 6.45) is 3.91. The van der Waals surface area contributed by atoms with Gasteiger partial charge in [-0.3, -0.25) is 9.58 Å². The Kier molecular flexibility index (Phi) is 4.60. The van der Waals surface area contributed by atoms with Crippen LogP contribution in [0.4, 0.5) is 5.82 Å². The van der Waals surface area contributed by atoms with E-state index >= 15 is 0 Å². The van der Waals surface area contributed by atoms with Crippen molar-refractivity contribution < 1.29 is 0 Å². The summed E-state index contributed by atoms with van der Waals surface area (Å²) in [4.78, 5) is 11.4. The van der Waals surface area contributed by atoms with E-state index in [-0.39, 0.29) is 0 Å². The van der Waals surface area contributed by atoms with E-state index in [4.69, 9.17) is 0 Å². The summed E-state index contributed by atoms with van der Waals surface area (Å²) in [5, 5.41) is 8.30. The van der Waals surface area contributed by atoms with Crippen LogP contribution < -0.4 is 5.32 Å². The molecule has 0 aromatic carbocycles. The first-order valence-electron chi connectivity index (χ1n) is 6.19. The van der Waals surface area contributed by atoms with Crippen molar-refractivity contribution in [3.63, 3.8) is 0 Å². The largest absolute Gasteiger partial charge is 0.372 e. The molecule has 2 aromatic heterocycles. The molecule has 6 nitrogen and oxygen atoms in total. The molecule has 0 amide bonds. The molecule has 0 aliphatic heterocycles. The van der Waals surface area contributed by atoms with Gasteiger partial charge in [-0.05, 0) is 13.3 Å². The Morgan fingerprint density at radius 1 is 1.42 bits per heavy atom. The molecule has 0 bridgehead atoms. The van der Waals surface area contributed by atoms with Crippen LogP contribution in [0.1, 0.15) is 5.82 Å². The van der Waals surface area contributed by atoms with Gasteiger partial charge >= 0.3 is 0 Å². The summed E-state index contributed by atoms with van der Waals surface area (Å²) in [7, 11) is 5.86. The molecule has 2 heterocycles. The molecular formula is C12H20N6S. The average Bonchev–Trinajstić information content (AvgIpc) is 2.77. The second-order valence-electron chi connectivity index (χ2n) is 4.47. The van der Waals surface area contributed by atoms with E-state index in [9.17, 15) is 0 Å². The number of anilines is 1. The first kappa shape index (κ1) is 14.1. The Balaban J connectivity index is 2.25. The Morgan fingerprint density at radius 2 is 2.21 bits per heavy atom. The van der Waals surface area contributed by atoms with Crippen LogP contribution in [0.5, 0.6) is 0 Å². The zero-order valence-corrected chi connectivity index (χ0v) is 12.7. The monoisotopic (exact) mass is 280 g/mol. The van der Waals surface area contributed by atoms with Gasteiger partial charge in [0.25, 0.3) is 0 Å². The summed E-state index contributed by atoms with van der Waals surface area (Å²) in [6.45, 7) is 1.78. The lowest BCUT2D eigenvalue weighted by atomic mass is 10.3. The van der Waals surface area contributed by atoms with Gasteiger partial charge < -0.3 is 5.32 Å². The van der Waals surface area contributed by atoms with Crippen molar-refractivity contribution in [3.8, 4) is 0 Å². The molecule has 0 aliphatic carbocycles. The van der Waals surface area contributed by atoms with Gasteiger partial charge in [-0.15, -0.1) is 0 Å². The minimum absolute atomic E-state index is 0.746. The van der Waals surface area contributed by atoms with Gasteiger partial charge in [-0.25, -0.2) is 9.97 Å². The molecule has 0 atom stereocenters. The van der Waals surface area contributed by atoms with Crippen LogP contribution in [0.25, 0.3) is 11.0 Å². The molecule has 0 aliphatic rings. The third-order valence-corrected chi connectivity index (χ3v) is 3.55. The summed E-state index contributed by atoms with van der Waals surface area (Å²) in [6, 6.07) is 0. The molecule has 0 radical (unpaired) electrons. The first-order chi connectivity index (χ1) is 9.15. The molecule has 2 aromatic rings. The van der Waals surface area contributed by atoms with Crippen molar-refractivity contribution in [2.24, 2.45) is 7.05 Å². The molecule has 2 rings (SSSR count). The fraction of sp³-hybridized carbons (Fsp3) is 0.583. The molecule has 0 saturated heterocycles. The van der Waals surface area contributed by atoms with Gasteiger partial charge in [0.2, 0.25) is 0 Å². The van der Waals surface area contributed by atoms with E-state index in [1.807, 2.05) is 25.9 Å². The highest BCUT2D eigenvalue weighted by Gasteiger charge is 2.11. The molecule has 104 valence electrons. The lowest BCUT2D eigenvalue weighted by Gasteiger charge is -2.15. The smallest absolute Gasteiger partial charge is 0.163 e. The number of rotatable bonds is 6. The van der Waals surface area contributed by atoms with Gasteiger partial charge in [-0.1, -0.05) is 0 Å². The predicted octanol–water partition coefficient (Wildman–Crippen LogP) is 1.20. The number of aromatic nitrogens is 4. The van der Waals surface area contributed by atoms with E-state index in [0.29, 0.717) is 0 Å². The maximum absolute atomic E-state index is 4.59. The number of hydrogen-bond acceptors (Lipinski definition) is 6. The normalized spacial score (nSPS) is 11.4. The quantitative estimate of drug-likeness (QED) is 0.858. The maximum Gasteiger partial charge on any atom is 0.163 e. The SMILES string of the molecule is CNc1nc(CN(C)CCSC)nc2c1cnn2C. The summed E-state index contributed by atoms with van der Waals surface area (Å²) >= 11 is 1.85. The zero-order valence-electron chi connectivity index (χ0n) is 11.8. The van der Waals surface area contributed by atoms with Crippen molar-refractivity contribution in [2.75, 3.05) is 38.0 Å². The second-order valence-corrected chi connectivity index (χ2v) is 5.46. The summed E-state index contributed by atoms with van der Waals surface area (Å²) in [5.41, 5.74) is 0.868. The van der Waals surface area contributed by atoms with Crippen LogP contribution in [-0.4, -0.2) is 57.3 Å². The van der Waals surface area contributed by atoms with E-state index in [1.165, 1.54) is 0 Å². The lowest BCUT2D eigenvalue weighted by Crippen LogP contribution is -2.22. The second kappa shape index (κ2) is 6.21. The third-order valence-electron chi connectivity index (χ3n) is 2.96. The van der Waals surface area contributed by atoms with Gasteiger partial charge in [-0.2, -0.15) is 16.9 Å². The summed E-state index contributed by atoms with van der Waals surface area (Å²) in [5.74, 6) is 2.78. The molecule has 0 unspecified atom stereocenters. The number of hydrogen-bond donors (Lipinski definition) is 1. The van der Waals surface area contributed by atoms with Crippen LogP contribution in [0, 0.1) is 0 Å². The Bertz CT molecular complexity index is 552. The number of nitrogens with one attached hydrogen (secondary N) is 1. The fourth-order valence-electron chi connectivity index (χ4n) is 1.90. The van der Waals surface area contributed by atoms with Crippen molar-refractivity contribution in [1.82, 2.24) is 24.6 Å². The third kappa shape index (κ3) is 3.16. The Labute approximate surface area is 117 Å². The van der Waals surface area contributed by atoms with Crippen LogP contribution in [0.2, 0.25) is 0 Å². The van der Waals surface area contributed by atoms with Crippen LogP contribution in [-0.2, 0) is 13.6 Å². The zero-order chi connectivity index (χ0) is 13.8. The minimum Gasteiger partial charge on any atom is -0.372 e. The highest BCUT2D eigenvalue weighted by atomic mass is 32.2. The van der Waals surface area contributed by atoms with Crippen molar-refractivity contribution in [3.05, 3.63) is 12.0 Å². The van der Waals surface area contributed by atoms with Gasteiger partial charge in [0, 0.05) is 26.4 Å². The van der Waals surface area contributed by atoms with E-state index < -0.39 is 0 Å². The highest BCUT2D eigenvalue weighted by Crippen LogP contribution is 2.19. The Hall–Kier alpha value is -1.34. The molecule has 0 saturated carbocycles. The van der Waals surface area contributed by atoms with E-state index in [2.05, 4.69) is 38.6 Å². The van der Waals surface area contributed by atoms with Crippen LogP contribution in [0.15, 0.2) is 6.20 Å². The number of thioether (sulfide) groups is 1. The maximum atomic E-state index is 4.59. The highest BCUT2D eigenvalue weighted by molar-refractivity contribution is 7.98. The van der Waals surface area contributed by atoms with E-state index in [0.717, 1.165) is 41.5 Å². The number of nitrogens with zero attached hydrogens (tertiary/aromatic N) is 5. The number of fused-ring (bicyclic) bond motifs is 1. The van der Waals surface area contributed by atoms with Crippen molar-refractivity contribution in [1.29, 1.82) is 0 Å². The molecule has 1 N–H and O–H groups in total. The number of aryl methyl sites for hydroxylation is 1. The average molecular weight is 280 g/mol. The van der Waals surface area contributed by atoms with Crippen LogP contribution >= 0.6 is 11.8 Å².